The summed E-state index contributed by atoms with van der Waals surface area (Å²) in [5.74, 6) is -4.46. The van der Waals surface area contributed by atoms with Crippen LogP contribution < -0.4 is 11.1 Å². The lowest BCUT2D eigenvalue weighted by atomic mass is 9.93. The molecule has 6 N–H and O–H groups in total. The number of hydrogen-bond donors (Lipinski definition) is 5. The lowest BCUT2D eigenvalue weighted by Gasteiger charge is -2.16. The van der Waals surface area contributed by atoms with Crippen LogP contribution in [0.3, 0.4) is 0 Å². The van der Waals surface area contributed by atoms with E-state index in [1.165, 1.54) is 0 Å². The van der Waals surface area contributed by atoms with Gasteiger partial charge in [0.15, 0.2) is 0 Å². The van der Waals surface area contributed by atoms with Gasteiger partial charge >= 0.3 is 17.9 Å². The Balaban J connectivity index is 0.000000289. The van der Waals surface area contributed by atoms with Gasteiger partial charge in [-0.05, 0) is 24.1 Å². The summed E-state index contributed by atoms with van der Waals surface area (Å²) in [5, 5.41) is 28.7. The zero-order valence-electron chi connectivity index (χ0n) is 14.5. The van der Waals surface area contributed by atoms with Gasteiger partial charge in [0.2, 0.25) is 0 Å². The number of carbonyl (C=O) groups is 3. The second-order valence-electron chi connectivity index (χ2n) is 5.61. The minimum atomic E-state index is -1.39. The molecule has 0 aliphatic rings. The van der Waals surface area contributed by atoms with E-state index in [1.807, 2.05) is 30.3 Å². The summed E-state index contributed by atoms with van der Waals surface area (Å²) in [4.78, 5) is 31.7. The molecule has 2 rings (SSSR count). The highest BCUT2D eigenvalue weighted by atomic mass is 16.4. The molecule has 1 unspecified atom stereocenters. The molecule has 0 heterocycles. The minimum Gasteiger partial charge on any atom is -0.481 e. The first-order chi connectivity index (χ1) is 12.8. The summed E-state index contributed by atoms with van der Waals surface area (Å²) in [6.45, 7) is -0.0377. The Kier molecular flexibility index (Phi) is 9.04. The largest absolute Gasteiger partial charge is 0.481 e. The molecule has 144 valence electrons. The van der Waals surface area contributed by atoms with Crippen LogP contribution in [0.25, 0.3) is 0 Å². The van der Waals surface area contributed by atoms with E-state index in [0.29, 0.717) is 0 Å². The molecular weight excluding hydrogens is 352 g/mol. The molecule has 8 nitrogen and oxygen atoms in total. The van der Waals surface area contributed by atoms with Crippen LogP contribution in [0.2, 0.25) is 0 Å². The van der Waals surface area contributed by atoms with Crippen LogP contribution in [-0.2, 0) is 20.8 Å². The van der Waals surface area contributed by atoms with E-state index in [1.54, 1.807) is 30.3 Å². The van der Waals surface area contributed by atoms with Gasteiger partial charge in [0.25, 0.3) is 0 Å². The van der Waals surface area contributed by atoms with Gasteiger partial charge in [-0.15, -0.1) is 0 Å². The molecule has 0 bridgehead atoms. The second-order valence-corrected chi connectivity index (χ2v) is 5.61. The van der Waals surface area contributed by atoms with E-state index >= 15 is 0 Å². The van der Waals surface area contributed by atoms with E-state index < -0.39 is 29.9 Å². The van der Waals surface area contributed by atoms with Crippen molar-refractivity contribution in [3.05, 3.63) is 66.2 Å². The summed E-state index contributed by atoms with van der Waals surface area (Å²) in [6.07, 6.45) is 0.115. The molecule has 0 amide bonds. The Morgan fingerprint density at radius 1 is 0.852 bits per heavy atom. The van der Waals surface area contributed by atoms with Crippen molar-refractivity contribution >= 4 is 23.6 Å². The van der Waals surface area contributed by atoms with Crippen LogP contribution >= 0.6 is 0 Å². The highest BCUT2D eigenvalue weighted by Crippen LogP contribution is 2.12. The zero-order valence-corrected chi connectivity index (χ0v) is 14.5. The van der Waals surface area contributed by atoms with Gasteiger partial charge in [0, 0.05) is 5.69 Å². The molecule has 2 atom stereocenters. The van der Waals surface area contributed by atoms with Gasteiger partial charge in [0.05, 0.1) is 5.92 Å². The number of carboxylic acids is 3. The lowest BCUT2D eigenvalue weighted by molar-refractivity contribution is -0.149. The van der Waals surface area contributed by atoms with Crippen molar-refractivity contribution in [2.45, 2.75) is 12.5 Å². The van der Waals surface area contributed by atoms with Gasteiger partial charge in [-0.1, -0.05) is 48.5 Å². The van der Waals surface area contributed by atoms with Crippen molar-refractivity contribution in [3.63, 3.8) is 0 Å². The van der Waals surface area contributed by atoms with Crippen LogP contribution in [0.15, 0.2) is 60.7 Å². The molecule has 2 aromatic rings. The Morgan fingerprint density at radius 2 is 1.37 bits per heavy atom. The average molecular weight is 374 g/mol. The predicted molar refractivity (Wildman–Crippen MR) is 99.5 cm³/mol. The highest BCUT2D eigenvalue weighted by Gasteiger charge is 2.30. The standard InChI is InChI=1S/C11H13NO4.C8H9NO2/c12-9(11(15)16)8(10(13)14)6-7-4-2-1-3-5-7;10-8(11)6-9-7-4-2-1-3-5-7/h1-5,8-9H,6,12H2,(H,13,14)(H,15,16);1-5,9H,6H2,(H,10,11)/t8?,9-;/m0./s1. The average Bonchev–Trinajstić information content (AvgIpc) is 2.66. The highest BCUT2D eigenvalue weighted by molar-refractivity contribution is 5.82. The Morgan fingerprint density at radius 3 is 1.81 bits per heavy atom. The number of benzene rings is 2. The summed E-state index contributed by atoms with van der Waals surface area (Å²) in [5.41, 5.74) is 6.91. The van der Waals surface area contributed by atoms with Gasteiger partial charge < -0.3 is 26.4 Å². The van der Waals surface area contributed by atoms with Crippen molar-refractivity contribution in [2.24, 2.45) is 11.7 Å². The third-order valence-electron chi connectivity index (χ3n) is 3.55. The second kappa shape index (κ2) is 11.3. The predicted octanol–water partition coefficient (Wildman–Crippen LogP) is 1.52. The van der Waals surface area contributed by atoms with Crippen molar-refractivity contribution < 1.29 is 29.7 Å². The molecule has 0 fully saturated rings. The van der Waals surface area contributed by atoms with Crippen LogP contribution in [0, 0.1) is 5.92 Å². The Hall–Kier alpha value is -3.39. The fraction of sp³-hybridized carbons (Fsp3) is 0.211. The van der Waals surface area contributed by atoms with Gasteiger partial charge in [0.1, 0.15) is 12.6 Å². The quantitative estimate of drug-likeness (QED) is 0.467. The van der Waals surface area contributed by atoms with Crippen LogP contribution in [-0.4, -0.2) is 45.8 Å². The third-order valence-corrected chi connectivity index (χ3v) is 3.55. The topological polar surface area (TPSA) is 150 Å². The maximum Gasteiger partial charge on any atom is 0.322 e. The molecule has 0 saturated heterocycles. The number of rotatable bonds is 8. The van der Waals surface area contributed by atoms with Crippen LogP contribution in [0.5, 0.6) is 0 Å². The molecule has 2 aromatic carbocycles. The molecule has 0 aromatic heterocycles. The number of aliphatic carboxylic acids is 3. The van der Waals surface area contributed by atoms with E-state index in [9.17, 15) is 14.4 Å². The van der Waals surface area contributed by atoms with Crippen molar-refractivity contribution in [1.29, 1.82) is 0 Å². The fourth-order valence-corrected chi connectivity index (χ4v) is 2.14. The summed E-state index contributed by atoms with van der Waals surface area (Å²) in [7, 11) is 0. The monoisotopic (exact) mass is 374 g/mol. The molecule has 27 heavy (non-hydrogen) atoms. The molecular formula is C19H22N2O6. The molecule has 0 saturated carbocycles. The Bertz CT molecular complexity index is 736. The molecule has 0 spiro atoms. The fourth-order valence-electron chi connectivity index (χ4n) is 2.14. The number of carboxylic acid groups (broad SMARTS) is 3. The summed E-state index contributed by atoms with van der Waals surface area (Å²) in [6, 6.07) is 16.6. The normalized spacial score (nSPS) is 12.0. The first-order valence-electron chi connectivity index (χ1n) is 8.07. The van der Waals surface area contributed by atoms with Crippen molar-refractivity contribution in [2.75, 3.05) is 11.9 Å². The van der Waals surface area contributed by atoms with Gasteiger partial charge in [-0.2, -0.15) is 0 Å². The molecule has 0 radical (unpaired) electrons. The molecule has 0 aliphatic carbocycles. The number of anilines is 1. The van der Waals surface area contributed by atoms with Gasteiger partial charge in [-0.25, -0.2) is 0 Å². The Labute approximate surface area is 156 Å². The number of nitrogens with two attached hydrogens (primary N) is 1. The van der Waals surface area contributed by atoms with E-state index in [0.717, 1.165) is 11.3 Å². The smallest absolute Gasteiger partial charge is 0.322 e. The SMILES string of the molecule is N[C@H](C(=O)O)C(Cc1ccccc1)C(=O)O.O=C(O)CNc1ccccc1. The molecule has 8 heteroatoms. The maximum absolute atomic E-state index is 10.9. The van der Waals surface area contributed by atoms with Crippen molar-refractivity contribution in [1.82, 2.24) is 0 Å². The van der Waals surface area contributed by atoms with E-state index in [4.69, 9.17) is 21.1 Å². The maximum atomic E-state index is 10.9. The first kappa shape index (κ1) is 21.7. The van der Waals surface area contributed by atoms with Crippen molar-refractivity contribution in [3.8, 4) is 0 Å². The zero-order chi connectivity index (χ0) is 20.2. The molecule has 0 aliphatic heterocycles. The van der Waals surface area contributed by atoms with E-state index in [2.05, 4.69) is 5.32 Å². The summed E-state index contributed by atoms with van der Waals surface area (Å²) >= 11 is 0. The van der Waals surface area contributed by atoms with Crippen LogP contribution in [0.4, 0.5) is 5.69 Å². The summed E-state index contributed by atoms with van der Waals surface area (Å²) < 4.78 is 0. The number of hydrogen-bond acceptors (Lipinski definition) is 5. The third kappa shape index (κ3) is 8.50. The number of para-hydroxylation sites is 1. The lowest BCUT2D eigenvalue weighted by Crippen LogP contribution is -2.43. The minimum absolute atomic E-state index is 0.0377. The number of nitrogens with one attached hydrogen (secondary N) is 1. The van der Waals surface area contributed by atoms with Crippen LogP contribution in [0.1, 0.15) is 5.56 Å². The van der Waals surface area contributed by atoms with E-state index in [-0.39, 0.29) is 13.0 Å². The first-order valence-corrected chi connectivity index (χ1v) is 8.07. The van der Waals surface area contributed by atoms with Gasteiger partial charge in [-0.3, -0.25) is 14.4 Å².